The summed E-state index contributed by atoms with van der Waals surface area (Å²) >= 11 is 0. The fraction of sp³-hybridized carbons (Fsp3) is 0.700. The molecule has 16 heteroatoms. The maximum Gasteiger partial charge on any atom is 0.408 e. The van der Waals surface area contributed by atoms with Gasteiger partial charge in [0.15, 0.2) is 5.78 Å². The van der Waals surface area contributed by atoms with Crippen LogP contribution in [0.1, 0.15) is 86.3 Å². The number of hydrogen-bond donors (Lipinski definition) is 5. The minimum absolute atomic E-state index is 0.184. The van der Waals surface area contributed by atoms with E-state index in [1.165, 1.54) is 6.92 Å². The lowest BCUT2D eigenvalue weighted by Crippen LogP contribution is -2.74. The summed E-state index contributed by atoms with van der Waals surface area (Å²) < 4.78 is 28.9. The van der Waals surface area contributed by atoms with Crippen molar-refractivity contribution in [1.82, 2.24) is 5.32 Å². The first-order valence-electron chi connectivity index (χ1n) is 19.1. The minimum atomic E-state index is -2.26. The van der Waals surface area contributed by atoms with Crippen molar-refractivity contribution < 1.29 is 67.8 Å². The molecule has 1 aromatic carbocycles. The average molecular weight is 789 g/mol. The monoisotopic (exact) mass is 788 g/mol. The van der Waals surface area contributed by atoms with E-state index in [4.69, 9.17) is 29.4 Å². The molecule has 4 bridgehead atoms. The lowest BCUT2D eigenvalue weighted by Gasteiger charge is -2.60. The van der Waals surface area contributed by atoms with Crippen LogP contribution >= 0.6 is 0 Å². The topological polar surface area (TPSA) is 247 Å². The molecule has 6 N–H and O–H groups in total. The average Bonchev–Trinajstić information content (AvgIpc) is 3.41. The maximum absolute atomic E-state index is 14.5. The predicted molar refractivity (Wildman–Crippen MR) is 195 cm³/mol. The number of nitrogens with one attached hydrogen (secondary N) is 1. The Labute approximate surface area is 326 Å². The number of ether oxygens (including phenoxy) is 5. The molecular formula is C40H56N2O14. The molecule has 1 aromatic rings. The van der Waals surface area contributed by atoms with Crippen LogP contribution in [0.3, 0.4) is 0 Å². The van der Waals surface area contributed by atoms with E-state index in [0.717, 1.165) is 6.92 Å². The lowest BCUT2D eigenvalue weighted by atomic mass is 9.46. The molecule has 1 saturated heterocycles. The van der Waals surface area contributed by atoms with Crippen molar-refractivity contribution in [3.05, 3.63) is 35.9 Å². The Hall–Kier alpha value is -3.96. The number of ketones is 2. The summed E-state index contributed by atoms with van der Waals surface area (Å²) in [6, 6.07) is 6.80. The number of esters is 3. The number of aliphatic hydroxyl groups excluding tert-OH is 2. The first-order valence-corrected chi connectivity index (χ1v) is 19.1. The van der Waals surface area contributed by atoms with E-state index in [1.807, 2.05) is 0 Å². The molecular weight excluding hydrogens is 732 g/mol. The van der Waals surface area contributed by atoms with E-state index >= 15 is 0 Å². The Morgan fingerprint density at radius 2 is 1.71 bits per heavy atom. The summed E-state index contributed by atoms with van der Waals surface area (Å²) in [6.45, 7) is 11.6. The van der Waals surface area contributed by atoms with Crippen molar-refractivity contribution >= 4 is 35.6 Å². The quantitative estimate of drug-likeness (QED) is 0.136. The predicted octanol–water partition coefficient (Wildman–Crippen LogP) is 1.68. The minimum Gasteiger partial charge on any atom is -0.459 e. The Kier molecular flexibility index (Phi) is 12.2. The largest absolute Gasteiger partial charge is 0.459 e. The lowest BCUT2D eigenvalue weighted by molar-refractivity contribution is -0.270. The van der Waals surface area contributed by atoms with Gasteiger partial charge in [0.1, 0.15) is 23.9 Å². The van der Waals surface area contributed by atoms with E-state index in [0.29, 0.717) is 5.56 Å². The fourth-order valence-corrected chi connectivity index (χ4v) is 9.96. The van der Waals surface area contributed by atoms with Crippen LogP contribution < -0.4 is 11.1 Å². The second-order valence-electron chi connectivity index (χ2n) is 17.3. The molecule has 4 aliphatic rings. The highest BCUT2D eigenvalue weighted by molar-refractivity contribution is 6.39. The Morgan fingerprint density at radius 3 is 2.29 bits per heavy atom. The SMILES string of the molecule is CC(=O)OC1C2CC(O)C3(C)C(=O)C(=O)CC4C(C)C(OC(=O)C(OC(=O)CN)C(NC(=O)OC(C)(C)C)c5ccccc5)CC(O)(C4C(C)C)C(O)C13CO2. The molecule has 1 spiro atoms. The van der Waals surface area contributed by atoms with Crippen molar-refractivity contribution in [3.8, 4) is 0 Å². The molecule has 3 aliphatic carbocycles. The van der Waals surface area contributed by atoms with E-state index in [2.05, 4.69) is 5.32 Å². The number of rotatable bonds is 9. The number of benzene rings is 1. The summed E-state index contributed by atoms with van der Waals surface area (Å²) in [4.78, 5) is 81.5. The molecule has 1 aliphatic heterocycles. The Morgan fingerprint density at radius 1 is 1.07 bits per heavy atom. The summed E-state index contributed by atoms with van der Waals surface area (Å²) in [5.41, 5.74) is -1.36. The first kappa shape index (κ1) is 43.2. The van der Waals surface area contributed by atoms with Crippen LogP contribution in [0.4, 0.5) is 4.79 Å². The standard InChI is InChI=1S/C40H56N2O14/c1-19(2)29-23-14-24(44)32(47)38(8)27(45)15-25-33(53-21(4)43)39(38,18-52-25)35(49)40(29,51)16-26(20(23)3)54-34(48)31(55-28(46)17-41)30(22-12-10-9-11-13-22)42-36(50)56-37(5,6)7/h9-13,19-20,23,25-27,29-31,33,35,45,49,51H,14-18,41H2,1-8H3,(H,42,50). The van der Waals surface area contributed by atoms with Crippen LogP contribution in [-0.4, -0.2) is 112 Å². The Bertz CT molecular complexity index is 1700. The van der Waals surface area contributed by atoms with Crippen molar-refractivity contribution in [3.63, 3.8) is 0 Å². The molecule has 16 nitrogen and oxygen atoms in total. The molecule has 4 fully saturated rings. The molecule has 0 aromatic heterocycles. The highest BCUT2D eigenvalue weighted by Crippen LogP contribution is 2.64. The van der Waals surface area contributed by atoms with Gasteiger partial charge >= 0.3 is 24.0 Å². The van der Waals surface area contributed by atoms with Gasteiger partial charge in [-0.2, -0.15) is 0 Å². The third-order valence-electron chi connectivity index (χ3n) is 12.5. The van der Waals surface area contributed by atoms with Gasteiger partial charge in [-0.05, 0) is 56.9 Å². The third kappa shape index (κ3) is 7.46. The number of amides is 1. The van der Waals surface area contributed by atoms with E-state index in [9.17, 15) is 44.1 Å². The molecule has 13 atom stereocenters. The molecule has 56 heavy (non-hydrogen) atoms. The van der Waals surface area contributed by atoms with Crippen LogP contribution in [0.15, 0.2) is 30.3 Å². The number of Topliss-reactive ketones (excluding diaryl/α,β-unsaturated/α-hetero) is 2. The van der Waals surface area contributed by atoms with Gasteiger partial charge in [0.25, 0.3) is 0 Å². The summed E-state index contributed by atoms with van der Waals surface area (Å²) in [6.07, 6.45) is -11.0. The zero-order chi connectivity index (χ0) is 41.7. The van der Waals surface area contributed by atoms with Gasteiger partial charge in [0, 0.05) is 26.2 Å². The highest BCUT2D eigenvalue weighted by Gasteiger charge is 2.78. The molecule has 5 rings (SSSR count). The van der Waals surface area contributed by atoms with Gasteiger partial charge in [-0.3, -0.25) is 19.2 Å². The summed E-state index contributed by atoms with van der Waals surface area (Å²) in [5.74, 6) is -7.77. The van der Waals surface area contributed by atoms with Crippen molar-refractivity contribution in [2.45, 2.75) is 129 Å². The van der Waals surface area contributed by atoms with Crippen molar-refractivity contribution in [1.29, 1.82) is 0 Å². The van der Waals surface area contributed by atoms with Crippen LogP contribution in [0.2, 0.25) is 0 Å². The third-order valence-corrected chi connectivity index (χ3v) is 12.5. The molecule has 3 saturated carbocycles. The van der Waals surface area contributed by atoms with Gasteiger partial charge < -0.3 is 50.1 Å². The normalized spacial score (nSPS) is 36.5. The smallest absolute Gasteiger partial charge is 0.408 e. The number of carbonyl (C=O) groups excluding carboxylic acids is 6. The van der Waals surface area contributed by atoms with Gasteiger partial charge in [-0.1, -0.05) is 51.1 Å². The molecule has 1 amide bonds. The van der Waals surface area contributed by atoms with Crippen molar-refractivity contribution in [2.75, 3.05) is 13.2 Å². The second-order valence-corrected chi connectivity index (χ2v) is 17.3. The number of carbonyl (C=O) groups is 6. The van der Waals surface area contributed by atoms with E-state index in [1.54, 1.807) is 71.9 Å². The number of alkyl carbamates (subject to hydrolysis) is 1. The molecule has 1 heterocycles. The number of aliphatic hydroxyl groups is 3. The zero-order valence-corrected chi connectivity index (χ0v) is 33.2. The highest BCUT2D eigenvalue weighted by atomic mass is 16.6. The second kappa shape index (κ2) is 15.8. The van der Waals surface area contributed by atoms with Crippen LogP contribution in [0.5, 0.6) is 0 Å². The van der Waals surface area contributed by atoms with E-state index < -0.39 is 150 Å². The van der Waals surface area contributed by atoms with Crippen LogP contribution in [0, 0.1) is 34.5 Å². The molecule has 0 radical (unpaired) electrons. The first-order chi connectivity index (χ1) is 26.0. The van der Waals surface area contributed by atoms with Gasteiger partial charge in [0.05, 0.1) is 47.9 Å². The Balaban J connectivity index is 1.62. The number of fused-ring (bicyclic) bond motifs is 3. The maximum atomic E-state index is 14.5. The van der Waals surface area contributed by atoms with E-state index in [-0.39, 0.29) is 6.42 Å². The van der Waals surface area contributed by atoms with Crippen molar-refractivity contribution in [2.24, 2.45) is 40.2 Å². The van der Waals surface area contributed by atoms with Gasteiger partial charge in [-0.15, -0.1) is 0 Å². The number of nitrogens with two attached hydrogens (primary N) is 1. The number of hydrogen-bond acceptors (Lipinski definition) is 15. The van der Waals surface area contributed by atoms with Gasteiger partial charge in [-0.25, -0.2) is 9.59 Å². The van der Waals surface area contributed by atoms with Crippen LogP contribution in [0.25, 0.3) is 0 Å². The molecule has 13 unspecified atom stereocenters. The van der Waals surface area contributed by atoms with Crippen LogP contribution in [-0.2, 0) is 47.7 Å². The fourth-order valence-electron chi connectivity index (χ4n) is 9.96. The summed E-state index contributed by atoms with van der Waals surface area (Å²) in [7, 11) is 0. The molecule has 310 valence electrons. The van der Waals surface area contributed by atoms with Gasteiger partial charge in [0.2, 0.25) is 11.9 Å². The summed E-state index contributed by atoms with van der Waals surface area (Å²) in [5, 5.41) is 40.2. The zero-order valence-electron chi connectivity index (χ0n) is 33.2.